The van der Waals surface area contributed by atoms with Crippen LogP contribution in [-0.4, -0.2) is 47.6 Å². The lowest BCUT2D eigenvalue weighted by molar-refractivity contribution is -0.151. The van der Waals surface area contributed by atoms with E-state index in [1.54, 1.807) is 0 Å². The number of carbonyl (C=O) groups is 1. The summed E-state index contributed by atoms with van der Waals surface area (Å²) in [6.07, 6.45) is 2.74. The van der Waals surface area contributed by atoms with E-state index in [0.29, 0.717) is 0 Å². The Hall–Kier alpha value is -3.06. The maximum Gasteiger partial charge on any atom is 0.316 e. The van der Waals surface area contributed by atoms with Crippen molar-refractivity contribution in [1.29, 1.82) is 0 Å². The van der Waals surface area contributed by atoms with E-state index >= 15 is 0 Å². The van der Waals surface area contributed by atoms with Crippen molar-refractivity contribution < 1.29 is 9.53 Å². The summed E-state index contributed by atoms with van der Waals surface area (Å²) < 4.78 is 5.09. The number of carbonyl (C=O) groups excluding carboxylic acids is 1. The first-order valence-electron chi connectivity index (χ1n) is 11.4. The molecule has 1 aromatic heterocycles. The fourth-order valence-corrected chi connectivity index (χ4v) is 5.42. The Labute approximate surface area is 198 Å². The Balaban J connectivity index is 1.43. The highest BCUT2D eigenvalue weighted by Gasteiger charge is 2.46. The first-order valence-corrected chi connectivity index (χ1v) is 12.6. The van der Waals surface area contributed by atoms with Crippen molar-refractivity contribution in [2.75, 3.05) is 41.9 Å². The number of hydrogen-bond donors (Lipinski definition) is 1. The van der Waals surface area contributed by atoms with Gasteiger partial charge in [-0.2, -0.15) is 16.7 Å². The molecule has 5 rings (SSSR count). The number of ether oxygens (including phenoxy) is 1. The molecule has 0 amide bonds. The molecule has 2 aliphatic rings. The van der Waals surface area contributed by atoms with Crippen LogP contribution in [0.15, 0.2) is 60.7 Å². The van der Waals surface area contributed by atoms with E-state index in [1.165, 1.54) is 7.11 Å². The fourth-order valence-electron chi connectivity index (χ4n) is 4.52. The predicted octanol–water partition coefficient (Wildman–Crippen LogP) is 5.04. The molecule has 1 saturated heterocycles. The minimum Gasteiger partial charge on any atom is -0.468 e. The second-order valence-electron chi connectivity index (χ2n) is 8.53. The van der Waals surface area contributed by atoms with Crippen molar-refractivity contribution in [1.82, 2.24) is 9.97 Å². The summed E-state index contributed by atoms with van der Waals surface area (Å²) in [4.78, 5) is 24.4. The largest absolute Gasteiger partial charge is 0.468 e. The topological polar surface area (TPSA) is 67.3 Å². The molecule has 170 valence electrons. The van der Waals surface area contributed by atoms with E-state index in [4.69, 9.17) is 14.7 Å². The molecule has 0 atom stereocenters. The summed E-state index contributed by atoms with van der Waals surface area (Å²) in [5.74, 6) is 3.56. The molecule has 1 aliphatic heterocycles. The van der Waals surface area contributed by atoms with Crippen LogP contribution in [0.4, 0.5) is 17.5 Å². The second-order valence-corrected chi connectivity index (χ2v) is 9.76. The number of aromatic nitrogens is 2. The summed E-state index contributed by atoms with van der Waals surface area (Å²) in [6, 6.07) is 20.3. The SMILES string of the molecule is COC(=O)C1(c2ccc(Nc3cc(-c4ccccc4)nc(N4CCSCC4)n3)cc2)CCC1. The summed E-state index contributed by atoms with van der Waals surface area (Å²) in [5.41, 5.74) is 3.43. The lowest BCUT2D eigenvalue weighted by Gasteiger charge is -2.39. The number of hydrogen-bond acceptors (Lipinski definition) is 7. The first kappa shape index (κ1) is 21.8. The number of nitrogens with one attached hydrogen (secondary N) is 1. The van der Waals surface area contributed by atoms with Gasteiger partial charge in [-0.25, -0.2) is 4.98 Å². The van der Waals surface area contributed by atoms with Crippen LogP contribution in [0.1, 0.15) is 24.8 Å². The number of benzene rings is 2. The second kappa shape index (κ2) is 9.43. The van der Waals surface area contributed by atoms with Crippen LogP contribution in [0.25, 0.3) is 11.3 Å². The molecule has 0 spiro atoms. The number of rotatable bonds is 6. The lowest BCUT2D eigenvalue weighted by Crippen LogP contribution is -2.43. The van der Waals surface area contributed by atoms with Crippen molar-refractivity contribution in [2.45, 2.75) is 24.7 Å². The Morgan fingerprint density at radius 2 is 1.76 bits per heavy atom. The summed E-state index contributed by atoms with van der Waals surface area (Å²) >= 11 is 1.97. The maximum atomic E-state index is 12.4. The summed E-state index contributed by atoms with van der Waals surface area (Å²) in [6.45, 7) is 1.90. The maximum absolute atomic E-state index is 12.4. The summed E-state index contributed by atoms with van der Waals surface area (Å²) in [5, 5.41) is 3.45. The quantitative estimate of drug-likeness (QED) is 0.517. The fraction of sp³-hybridized carbons (Fsp3) is 0.346. The molecular formula is C26H28N4O2S. The molecule has 7 heteroatoms. The smallest absolute Gasteiger partial charge is 0.316 e. The molecule has 1 saturated carbocycles. The van der Waals surface area contributed by atoms with Crippen LogP contribution in [0.3, 0.4) is 0 Å². The number of nitrogens with zero attached hydrogens (tertiary/aromatic N) is 3. The molecule has 0 unspecified atom stereocenters. The van der Waals surface area contributed by atoms with Gasteiger partial charge in [0.15, 0.2) is 0 Å². The Morgan fingerprint density at radius 1 is 1.03 bits per heavy atom. The zero-order valence-electron chi connectivity index (χ0n) is 18.8. The first-order chi connectivity index (χ1) is 16.2. The number of methoxy groups -OCH3 is 1. The van der Waals surface area contributed by atoms with Crippen molar-refractivity contribution >= 4 is 35.2 Å². The highest BCUT2D eigenvalue weighted by molar-refractivity contribution is 7.99. The molecule has 3 aromatic rings. The number of esters is 1. The van der Waals surface area contributed by atoms with E-state index in [0.717, 1.165) is 78.1 Å². The van der Waals surface area contributed by atoms with Gasteiger partial charge in [0.25, 0.3) is 0 Å². The molecule has 2 heterocycles. The van der Waals surface area contributed by atoms with Gasteiger partial charge in [-0.05, 0) is 30.5 Å². The molecule has 2 aromatic carbocycles. The molecule has 1 N–H and O–H groups in total. The Bertz CT molecular complexity index is 1110. The van der Waals surface area contributed by atoms with Gasteiger partial charge >= 0.3 is 5.97 Å². The minimum atomic E-state index is -0.484. The normalized spacial score (nSPS) is 17.2. The third-order valence-corrected chi connectivity index (χ3v) is 7.51. The van der Waals surface area contributed by atoms with Crippen LogP contribution in [0, 0.1) is 0 Å². The van der Waals surface area contributed by atoms with Crippen LogP contribution in [0.5, 0.6) is 0 Å². The Kier molecular flexibility index (Phi) is 6.22. The van der Waals surface area contributed by atoms with Crippen LogP contribution in [0.2, 0.25) is 0 Å². The average Bonchev–Trinajstić information content (AvgIpc) is 2.85. The van der Waals surface area contributed by atoms with Gasteiger partial charge in [0.1, 0.15) is 5.82 Å². The van der Waals surface area contributed by atoms with Gasteiger partial charge in [0.2, 0.25) is 5.95 Å². The van der Waals surface area contributed by atoms with Crippen LogP contribution >= 0.6 is 11.8 Å². The minimum absolute atomic E-state index is 0.137. The van der Waals surface area contributed by atoms with E-state index in [2.05, 4.69) is 22.3 Å². The van der Waals surface area contributed by atoms with Crippen molar-refractivity contribution in [3.63, 3.8) is 0 Å². The average molecular weight is 461 g/mol. The molecule has 0 radical (unpaired) electrons. The van der Waals surface area contributed by atoms with Gasteiger partial charge in [0, 0.05) is 41.9 Å². The molecule has 6 nitrogen and oxygen atoms in total. The summed E-state index contributed by atoms with van der Waals surface area (Å²) in [7, 11) is 1.47. The third-order valence-electron chi connectivity index (χ3n) is 6.57. The molecule has 1 aliphatic carbocycles. The molecular weight excluding hydrogens is 432 g/mol. The molecule has 2 fully saturated rings. The molecule has 0 bridgehead atoms. The van der Waals surface area contributed by atoms with Gasteiger partial charge in [-0.3, -0.25) is 4.79 Å². The number of thioether (sulfide) groups is 1. The zero-order chi connectivity index (χ0) is 22.7. The number of anilines is 3. The highest BCUT2D eigenvalue weighted by Crippen LogP contribution is 2.45. The molecule has 33 heavy (non-hydrogen) atoms. The standard InChI is InChI=1S/C26H28N4O2S/c1-32-24(31)26(12-5-13-26)20-8-10-21(11-9-20)27-23-18-22(19-6-3-2-4-7-19)28-25(29-23)30-14-16-33-17-15-30/h2-4,6-11,18H,5,12-17H2,1H3,(H,27,28,29). The third kappa shape index (κ3) is 4.42. The van der Waals surface area contributed by atoms with Crippen molar-refractivity contribution in [3.05, 3.63) is 66.2 Å². The predicted molar refractivity (Wildman–Crippen MR) is 134 cm³/mol. The van der Waals surface area contributed by atoms with Crippen LogP contribution < -0.4 is 10.2 Å². The Morgan fingerprint density at radius 3 is 2.39 bits per heavy atom. The lowest BCUT2D eigenvalue weighted by atomic mass is 9.64. The zero-order valence-corrected chi connectivity index (χ0v) is 19.6. The monoisotopic (exact) mass is 460 g/mol. The van der Waals surface area contributed by atoms with Crippen LogP contribution in [-0.2, 0) is 14.9 Å². The van der Waals surface area contributed by atoms with Gasteiger partial charge in [-0.15, -0.1) is 0 Å². The van der Waals surface area contributed by atoms with Gasteiger partial charge < -0.3 is 15.0 Å². The van der Waals surface area contributed by atoms with E-state index in [1.807, 2.05) is 60.3 Å². The van der Waals surface area contributed by atoms with E-state index in [9.17, 15) is 4.79 Å². The van der Waals surface area contributed by atoms with E-state index < -0.39 is 5.41 Å². The highest BCUT2D eigenvalue weighted by atomic mass is 32.2. The van der Waals surface area contributed by atoms with E-state index in [-0.39, 0.29) is 5.97 Å². The van der Waals surface area contributed by atoms with Gasteiger partial charge in [0.05, 0.1) is 18.2 Å². The van der Waals surface area contributed by atoms with Crippen molar-refractivity contribution in [2.24, 2.45) is 0 Å². The van der Waals surface area contributed by atoms with Crippen molar-refractivity contribution in [3.8, 4) is 11.3 Å². The van der Waals surface area contributed by atoms with Gasteiger partial charge in [-0.1, -0.05) is 48.9 Å².